The van der Waals surface area contributed by atoms with Crippen LogP contribution < -0.4 is 5.32 Å². The Hall–Kier alpha value is -2.56. The minimum absolute atomic E-state index is 0.0155. The van der Waals surface area contributed by atoms with E-state index in [1.165, 1.54) is 6.42 Å². The third kappa shape index (κ3) is 4.94. The molecule has 1 N–H and O–H groups in total. The summed E-state index contributed by atoms with van der Waals surface area (Å²) in [6.45, 7) is 5.99. The van der Waals surface area contributed by atoms with Gasteiger partial charge in [0.15, 0.2) is 11.6 Å². The standard InChI is InChI=1S/C25H32N2O3/c1-4-16-7-9-18(10-8-16)24(29)19-11-12-22-20(14-19)13-17(5-2)23(27-22)25(30)26-15-21(28)6-3/h11-14,16,18H,4-10,15H2,1-3H3,(H,26,30). The lowest BCUT2D eigenvalue weighted by Crippen LogP contribution is -2.30. The van der Waals surface area contributed by atoms with Gasteiger partial charge in [-0.1, -0.05) is 27.2 Å². The van der Waals surface area contributed by atoms with Crippen molar-refractivity contribution in [2.24, 2.45) is 11.8 Å². The molecule has 0 saturated heterocycles. The van der Waals surface area contributed by atoms with Gasteiger partial charge in [0.1, 0.15) is 5.69 Å². The Kier molecular flexibility index (Phi) is 7.35. The molecule has 0 aliphatic heterocycles. The van der Waals surface area contributed by atoms with Gasteiger partial charge in [-0.05, 0) is 67.9 Å². The van der Waals surface area contributed by atoms with E-state index in [9.17, 15) is 14.4 Å². The Morgan fingerprint density at radius 1 is 1.03 bits per heavy atom. The first-order valence-electron chi connectivity index (χ1n) is 11.2. The maximum atomic E-state index is 13.0. The minimum atomic E-state index is -0.330. The maximum Gasteiger partial charge on any atom is 0.270 e. The lowest BCUT2D eigenvalue weighted by molar-refractivity contribution is -0.117. The van der Waals surface area contributed by atoms with Crippen molar-refractivity contribution in [2.75, 3.05) is 6.54 Å². The van der Waals surface area contributed by atoms with Gasteiger partial charge in [0.05, 0.1) is 12.1 Å². The average molecular weight is 409 g/mol. The highest BCUT2D eigenvalue weighted by atomic mass is 16.2. The number of carbonyl (C=O) groups is 3. The summed E-state index contributed by atoms with van der Waals surface area (Å²) in [7, 11) is 0. The molecular weight excluding hydrogens is 376 g/mol. The highest BCUT2D eigenvalue weighted by Crippen LogP contribution is 2.33. The Morgan fingerprint density at radius 3 is 2.40 bits per heavy atom. The molecule has 1 aliphatic rings. The van der Waals surface area contributed by atoms with Crippen LogP contribution in [0.5, 0.6) is 0 Å². The molecule has 3 rings (SSSR count). The molecule has 1 saturated carbocycles. The SMILES string of the molecule is CCC(=O)CNC(=O)c1nc2ccc(C(=O)C3CCC(CC)CC3)cc2cc1CC. The summed E-state index contributed by atoms with van der Waals surface area (Å²) in [5.74, 6) is 0.759. The van der Waals surface area contributed by atoms with E-state index in [2.05, 4.69) is 17.2 Å². The second-order valence-corrected chi connectivity index (χ2v) is 8.32. The van der Waals surface area contributed by atoms with E-state index in [1.807, 2.05) is 31.2 Å². The molecule has 0 spiro atoms. The highest BCUT2D eigenvalue weighted by Gasteiger charge is 2.26. The molecule has 2 aromatic rings. The lowest BCUT2D eigenvalue weighted by atomic mass is 9.77. The van der Waals surface area contributed by atoms with Crippen LogP contribution in [-0.4, -0.2) is 29.0 Å². The molecule has 0 atom stereocenters. The maximum absolute atomic E-state index is 13.0. The number of pyridine rings is 1. The van der Waals surface area contributed by atoms with Gasteiger partial charge in [-0.3, -0.25) is 14.4 Å². The predicted octanol–water partition coefficient (Wildman–Crippen LogP) is 4.91. The molecule has 5 heteroatoms. The predicted molar refractivity (Wildman–Crippen MR) is 119 cm³/mol. The van der Waals surface area contributed by atoms with Gasteiger partial charge in [0.2, 0.25) is 0 Å². The number of Topliss-reactive ketones (excluding diaryl/α,β-unsaturated/α-hetero) is 2. The number of hydrogen-bond acceptors (Lipinski definition) is 4. The van der Waals surface area contributed by atoms with Crippen molar-refractivity contribution in [3.05, 3.63) is 41.1 Å². The average Bonchev–Trinajstić information content (AvgIpc) is 2.80. The quantitative estimate of drug-likeness (QED) is 0.630. The number of aryl methyl sites for hydroxylation is 1. The lowest BCUT2D eigenvalue weighted by Gasteiger charge is -2.26. The Labute approximate surface area is 178 Å². The molecule has 0 unspecified atom stereocenters. The zero-order valence-corrected chi connectivity index (χ0v) is 18.3. The second kappa shape index (κ2) is 9.96. The summed E-state index contributed by atoms with van der Waals surface area (Å²) in [5, 5.41) is 3.54. The van der Waals surface area contributed by atoms with Crippen LogP contribution in [0.15, 0.2) is 24.3 Å². The summed E-state index contributed by atoms with van der Waals surface area (Å²) < 4.78 is 0. The normalized spacial score (nSPS) is 18.9. The van der Waals surface area contributed by atoms with Crippen molar-refractivity contribution >= 4 is 28.4 Å². The second-order valence-electron chi connectivity index (χ2n) is 8.32. The molecule has 1 fully saturated rings. The summed E-state index contributed by atoms with van der Waals surface area (Å²) >= 11 is 0. The number of ketones is 2. The first kappa shape index (κ1) is 22.1. The molecule has 1 aromatic heterocycles. The number of rotatable bonds is 8. The summed E-state index contributed by atoms with van der Waals surface area (Å²) in [5.41, 5.74) is 2.59. The van der Waals surface area contributed by atoms with Gasteiger partial charge in [0, 0.05) is 23.3 Å². The summed E-state index contributed by atoms with van der Waals surface area (Å²) in [6, 6.07) is 7.52. The number of benzene rings is 1. The molecule has 1 heterocycles. The zero-order chi connectivity index (χ0) is 21.7. The van der Waals surface area contributed by atoms with Gasteiger partial charge in [-0.2, -0.15) is 0 Å². The monoisotopic (exact) mass is 408 g/mol. The largest absolute Gasteiger partial charge is 0.344 e. The highest BCUT2D eigenvalue weighted by molar-refractivity contribution is 6.02. The van der Waals surface area contributed by atoms with E-state index in [0.29, 0.717) is 24.1 Å². The molecule has 1 aliphatic carbocycles. The molecule has 1 aromatic carbocycles. The van der Waals surface area contributed by atoms with Gasteiger partial charge in [-0.25, -0.2) is 4.98 Å². The first-order chi connectivity index (χ1) is 14.5. The fraction of sp³-hybridized carbons (Fsp3) is 0.520. The number of nitrogens with one attached hydrogen (secondary N) is 1. The molecular formula is C25H32N2O3. The van der Waals surface area contributed by atoms with Gasteiger partial charge >= 0.3 is 0 Å². The third-order valence-electron chi connectivity index (χ3n) is 6.41. The fourth-order valence-corrected chi connectivity index (χ4v) is 4.30. The number of aromatic nitrogens is 1. The Bertz CT molecular complexity index is 943. The van der Waals surface area contributed by atoms with Crippen molar-refractivity contribution in [2.45, 2.75) is 65.7 Å². The number of carbonyl (C=O) groups excluding carboxylic acids is 3. The van der Waals surface area contributed by atoms with Gasteiger partial charge < -0.3 is 5.32 Å². The fourth-order valence-electron chi connectivity index (χ4n) is 4.30. The third-order valence-corrected chi connectivity index (χ3v) is 6.41. The van der Waals surface area contributed by atoms with Gasteiger partial charge in [-0.15, -0.1) is 0 Å². The minimum Gasteiger partial charge on any atom is -0.344 e. The number of fused-ring (bicyclic) bond motifs is 1. The van der Waals surface area contributed by atoms with Crippen LogP contribution in [0.3, 0.4) is 0 Å². The molecule has 5 nitrogen and oxygen atoms in total. The van der Waals surface area contributed by atoms with Crippen LogP contribution >= 0.6 is 0 Å². The molecule has 30 heavy (non-hydrogen) atoms. The van der Waals surface area contributed by atoms with Crippen molar-refractivity contribution in [1.82, 2.24) is 10.3 Å². The summed E-state index contributed by atoms with van der Waals surface area (Å²) in [4.78, 5) is 41.6. The van der Waals surface area contributed by atoms with Crippen LogP contribution in [-0.2, 0) is 11.2 Å². The van der Waals surface area contributed by atoms with Gasteiger partial charge in [0.25, 0.3) is 5.91 Å². The topological polar surface area (TPSA) is 76.1 Å². The number of nitrogens with zero attached hydrogens (tertiary/aromatic N) is 1. The number of amides is 1. The van der Waals surface area contributed by atoms with Crippen molar-refractivity contribution < 1.29 is 14.4 Å². The van der Waals surface area contributed by atoms with E-state index in [4.69, 9.17) is 0 Å². The van der Waals surface area contributed by atoms with E-state index in [-0.39, 0.29) is 29.9 Å². The van der Waals surface area contributed by atoms with Crippen LogP contribution in [0.25, 0.3) is 10.9 Å². The van der Waals surface area contributed by atoms with Crippen molar-refractivity contribution in [1.29, 1.82) is 0 Å². The molecule has 1 amide bonds. The van der Waals surface area contributed by atoms with E-state index >= 15 is 0 Å². The zero-order valence-electron chi connectivity index (χ0n) is 18.3. The van der Waals surface area contributed by atoms with Crippen LogP contribution in [0.4, 0.5) is 0 Å². The number of hydrogen-bond donors (Lipinski definition) is 1. The van der Waals surface area contributed by atoms with Crippen molar-refractivity contribution in [3.8, 4) is 0 Å². The van der Waals surface area contributed by atoms with Crippen molar-refractivity contribution in [3.63, 3.8) is 0 Å². The van der Waals surface area contributed by atoms with Crippen LogP contribution in [0.2, 0.25) is 0 Å². The smallest absolute Gasteiger partial charge is 0.270 e. The van der Waals surface area contributed by atoms with E-state index in [1.54, 1.807) is 6.92 Å². The molecule has 0 radical (unpaired) electrons. The molecule has 0 bridgehead atoms. The summed E-state index contributed by atoms with van der Waals surface area (Å²) in [6.07, 6.45) is 6.47. The molecule has 160 valence electrons. The first-order valence-corrected chi connectivity index (χ1v) is 11.2. The van der Waals surface area contributed by atoms with E-state index < -0.39 is 0 Å². The van der Waals surface area contributed by atoms with E-state index in [0.717, 1.165) is 48.1 Å². The van der Waals surface area contributed by atoms with Crippen LogP contribution in [0, 0.1) is 11.8 Å². The van der Waals surface area contributed by atoms with Crippen LogP contribution in [0.1, 0.15) is 85.7 Å². The Balaban J connectivity index is 1.82. The Morgan fingerprint density at radius 2 is 1.77 bits per heavy atom.